The Morgan fingerprint density at radius 2 is 1.91 bits per heavy atom. The van der Waals surface area contributed by atoms with E-state index in [9.17, 15) is 14.0 Å². The molecule has 180 valence electrons. The molecule has 0 radical (unpaired) electrons. The normalized spacial score (nSPS) is 15.8. The molecular formula is C22H30FN5O4S. The van der Waals surface area contributed by atoms with E-state index in [1.165, 1.54) is 12.1 Å². The molecule has 9 nitrogen and oxygen atoms in total. The number of amides is 2. The van der Waals surface area contributed by atoms with E-state index in [0.717, 1.165) is 11.8 Å². The number of thioether (sulfide) groups is 1. The minimum absolute atomic E-state index is 0.0155. The van der Waals surface area contributed by atoms with E-state index in [0.29, 0.717) is 32.7 Å². The molecule has 1 saturated heterocycles. The van der Waals surface area contributed by atoms with Gasteiger partial charge in [0.2, 0.25) is 11.8 Å². The summed E-state index contributed by atoms with van der Waals surface area (Å²) in [4.78, 5) is 28.5. The first-order chi connectivity index (χ1) is 15.6. The topological polar surface area (TPSA) is 101 Å². The quantitative estimate of drug-likeness (QED) is 0.577. The molecule has 1 N–H and O–H groups in total. The highest BCUT2D eigenvalue weighted by Crippen LogP contribution is 2.25. The molecule has 1 aliphatic rings. The molecule has 1 fully saturated rings. The van der Waals surface area contributed by atoms with Crippen molar-refractivity contribution in [3.05, 3.63) is 36.0 Å². The summed E-state index contributed by atoms with van der Waals surface area (Å²) in [6.45, 7) is 10.3. The number of halogens is 1. The highest BCUT2D eigenvalue weighted by Gasteiger charge is 2.24. The lowest BCUT2D eigenvalue weighted by atomic mass is 10.1. The van der Waals surface area contributed by atoms with Gasteiger partial charge in [-0.25, -0.2) is 4.39 Å². The molecule has 0 spiro atoms. The summed E-state index contributed by atoms with van der Waals surface area (Å²) in [6.07, 6.45) is -0.636. The maximum absolute atomic E-state index is 13.7. The molecule has 3 rings (SSSR count). The van der Waals surface area contributed by atoms with Crippen LogP contribution in [0.1, 0.15) is 39.7 Å². The van der Waals surface area contributed by atoms with Crippen molar-refractivity contribution in [3.63, 3.8) is 0 Å². The van der Waals surface area contributed by atoms with E-state index >= 15 is 0 Å². The lowest BCUT2D eigenvalue weighted by Crippen LogP contribution is -2.53. The summed E-state index contributed by atoms with van der Waals surface area (Å²) in [6, 6.07) is 6.08. The Labute approximate surface area is 197 Å². The van der Waals surface area contributed by atoms with Crippen molar-refractivity contribution in [2.45, 2.75) is 44.6 Å². The number of nitrogens with one attached hydrogen (secondary N) is 1. The van der Waals surface area contributed by atoms with Crippen LogP contribution in [-0.4, -0.2) is 75.8 Å². The molecule has 2 aromatic rings. The van der Waals surface area contributed by atoms with Crippen molar-refractivity contribution in [2.24, 2.45) is 0 Å². The largest absolute Gasteiger partial charge is 0.478 e. The molecule has 1 aromatic heterocycles. The number of ether oxygens (including phenoxy) is 1. The minimum atomic E-state index is -0.636. The zero-order valence-corrected chi connectivity index (χ0v) is 20.2. The number of benzene rings is 1. The number of piperazine rings is 1. The van der Waals surface area contributed by atoms with Gasteiger partial charge in [0.25, 0.3) is 11.1 Å². The van der Waals surface area contributed by atoms with Crippen LogP contribution in [0, 0.1) is 5.82 Å². The van der Waals surface area contributed by atoms with Crippen molar-refractivity contribution in [2.75, 3.05) is 38.5 Å². The Kier molecular flexibility index (Phi) is 8.30. The van der Waals surface area contributed by atoms with Crippen LogP contribution < -0.4 is 10.1 Å². The number of carbonyl (C=O) groups is 2. The predicted molar refractivity (Wildman–Crippen MR) is 121 cm³/mol. The second kappa shape index (κ2) is 11.0. The van der Waals surface area contributed by atoms with Crippen LogP contribution in [0.3, 0.4) is 0 Å². The Hall–Kier alpha value is -2.66. The van der Waals surface area contributed by atoms with E-state index in [1.54, 1.807) is 24.0 Å². The third-order valence-electron chi connectivity index (χ3n) is 4.84. The van der Waals surface area contributed by atoms with Gasteiger partial charge in [-0.2, -0.15) is 0 Å². The summed E-state index contributed by atoms with van der Waals surface area (Å²) in [5.74, 6) is -0.0568. The molecule has 1 atom stereocenters. The molecular weight excluding hydrogens is 449 g/mol. The van der Waals surface area contributed by atoms with Crippen molar-refractivity contribution >= 4 is 23.6 Å². The van der Waals surface area contributed by atoms with Gasteiger partial charge in [0.15, 0.2) is 17.7 Å². The third kappa shape index (κ3) is 7.71. The maximum atomic E-state index is 13.7. The summed E-state index contributed by atoms with van der Waals surface area (Å²) < 4.78 is 24.9. The summed E-state index contributed by atoms with van der Waals surface area (Å²) in [7, 11) is 0. The second-order valence-electron chi connectivity index (χ2n) is 8.84. The van der Waals surface area contributed by atoms with E-state index in [2.05, 4.69) is 15.5 Å². The Morgan fingerprint density at radius 3 is 2.58 bits per heavy atom. The fraction of sp³-hybridized carbons (Fsp3) is 0.545. The average molecular weight is 480 g/mol. The molecule has 2 heterocycles. The van der Waals surface area contributed by atoms with Gasteiger partial charge in [0.05, 0.1) is 12.3 Å². The third-order valence-corrected chi connectivity index (χ3v) is 5.64. The standard InChI is InChI=1S/C22H30FN5O4S/c1-15(31-17-8-6-5-7-16(17)23)20-25-26-21(32-20)33-14-19(30)28-11-9-27(10-12-28)13-18(29)24-22(2,3)4/h5-8,15H,9-14H2,1-4H3,(H,24,29). The average Bonchev–Trinajstić information content (AvgIpc) is 3.22. The van der Waals surface area contributed by atoms with Crippen molar-refractivity contribution in [1.82, 2.24) is 25.3 Å². The monoisotopic (exact) mass is 479 g/mol. The van der Waals surface area contributed by atoms with Gasteiger partial charge >= 0.3 is 0 Å². The number of aromatic nitrogens is 2. The molecule has 2 amide bonds. The van der Waals surface area contributed by atoms with Gasteiger partial charge in [0, 0.05) is 31.7 Å². The molecule has 0 aliphatic carbocycles. The Balaban J connectivity index is 1.41. The number of carbonyl (C=O) groups excluding carboxylic acids is 2. The molecule has 1 aromatic carbocycles. The van der Waals surface area contributed by atoms with Gasteiger partial charge in [-0.05, 0) is 39.8 Å². The smallest absolute Gasteiger partial charge is 0.277 e. The van der Waals surface area contributed by atoms with Crippen LogP contribution in [0.4, 0.5) is 4.39 Å². The van der Waals surface area contributed by atoms with Crippen LogP contribution in [0.25, 0.3) is 0 Å². The number of hydrogen-bond acceptors (Lipinski definition) is 8. The van der Waals surface area contributed by atoms with E-state index < -0.39 is 11.9 Å². The van der Waals surface area contributed by atoms with Crippen molar-refractivity contribution < 1.29 is 23.1 Å². The Bertz CT molecular complexity index is 956. The lowest BCUT2D eigenvalue weighted by Gasteiger charge is -2.34. The number of para-hydroxylation sites is 1. The van der Waals surface area contributed by atoms with Gasteiger partial charge < -0.3 is 19.4 Å². The fourth-order valence-corrected chi connectivity index (χ4v) is 3.93. The summed E-state index contributed by atoms with van der Waals surface area (Å²) in [5, 5.41) is 11.1. The van der Waals surface area contributed by atoms with Crippen LogP contribution >= 0.6 is 11.8 Å². The number of rotatable bonds is 8. The first-order valence-electron chi connectivity index (χ1n) is 10.8. The van der Waals surface area contributed by atoms with Gasteiger partial charge in [-0.1, -0.05) is 23.9 Å². The summed E-state index contributed by atoms with van der Waals surface area (Å²) >= 11 is 1.15. The zero-order valence-electron chi connectivity index (χ0n) is 19.3. The Morgan fingerprint density at radius 1 is 1.21 bits per heavy atom. The fourth-order valence-electron chi connectivity index (χ4n) is 3.26. The van der Waals surface area contributed by atoms with Crippen molar-refractivity contribution in [1.29, 1.82) is 0 Å². The van der Waals surface area contributed by atoms with Crippen LogP contribution in [0.2, 0.25) is 0 Å². The highest BCUT2D eigenvalue weighted by atomic mass is 32.2. The number of hydrogen-bond donors (Lipinski definition) is 1. The van der Waals surface area contributed by atoms with Gasteiger partial charge in [-0.15, -0.1) is 10.2 Å². The zero-order chi connectivity index (χ0) is 24.0. The maximum Gasteiger partial charge on any atom is 0.277 e. The minimum Gasteiger partial charge on any atom is -0.478 e. The van der Waals surface area contributed by atoms with Crippen molar-refractivity contribution in [3.8, 4) is 5.75 Å². The van der Waals surface area contributed by atoms with E-state index in [4.69, 9.17) is 9.15 Å². The summed E-state index contributed by atoms with van der Waals surface area (Å²) in [5.41, 5.74) is -0.262. The van der Waals surface area contributed by atoms with Crippen LogP contribution in [-0.2, 0) is 9.59 Å². The SMILES string of the molecule is CC(Oc1ccccc1F)c1nnc(SCC(=O)N2CCN(CC(=O)NC(C)(C)C)CC2)o1. The van der Waals surface area contributed by atoms with E-state index in [-0.39, 0.29) is 40.0 Å². The van der Waals surface area contributed by atoms with E-state index in [1.807, 2.05) is 25.7 Å². The van der Waals surface area contributed by atoms with Gasteiger partial charge in [-0.3, -0.25) is 14.5 Å². The molecule has 0 bridgehead atoms. The molecule has 1 aliphatic heterocycles. The second-order valence-corrected chi connectivity index (χ2v) is 9.77. The van der Waals surface area contributed by atoms with Crippen LogP contribution in [0.15, 0.2) is 33.9 Å². The lowest BCUT2D eigenvalue weighted by molar-refractivity contribution is -0.130. The molecule has 11 heteroatoms. The molecule has 1 unspecified atom stereocenters. The molecule has 33 heavy (non-hydrogen) atoms. The first-order valence-corrected chi connectivity index (χ1v) is 11.8. The predicted octanol–water partition coefficient (Wildman–Crippen LogP) is 2.50. The van der Waals surface area contributed by atoms with Gasteiger partial charge in [0.1, 0.15) is 0 Å². The van der Waals surface area contributed by atoms with Crippen LogP contribution in [0.5, 0.6) is 5.75 Å². The highest BCUT2D eigenvalue weighted by molar-refractivity contribution is 7.99. The number of nitrogens with zero attached hydrogens (tertiary/aromatic N) is 4. The molecule has 0 saturated carbocycles. The first kappa shape index (κ1) is 25.0.